The van der Waals surface area contributed by atoms with Gasteiger partial charge in [0, 0.05) is 23.3 Å². The van der Waals surface area contributed by atoms with E-state index in [2.05, 4.69) is 37.9 Å². The Kier molecular flexibility index (Phi) is 4.69. The van der Waals surface area contributed by atoms with E-state index >= 15 is 0 Å². The van der Waals surface area contributed by atoms with Crippen LogP contribution in [0.5, 0.6) is 0 Å². The fourth-order valence-corrected chi connectivity index (χ4v) is 2.62. The van der Waals surface area contributed by atoms with Crippen molar-refractivity contribution in [2.75, 3.05) is 12.8 Å². The molecule has 0 spiro atoms. The minimum Gasteiger partial charge on any atom is -0.398 e. The number of halogens is 1. The van der Waals surface area contributed by atoms with Gasteiger partial charge in [0.2, 0.25) is 0 Å². The predicted octanol–water partition coefficient (Wildman–Crippen LogP) is 4.42. The van der Waals surface area contributed by atoms with E-state index in [1.165, 1.54) is 5.56 Å². The van der Waals surface area contributed by atoms with Crippen LogP contribution in [0.1, 0.15) is 29.7 Å². The molecule has 20 heavy (non-hydrogen) atoms. The Bertz CT molecular complexity index is 595. The van der Waals surface area contributed by atoms with Gasteiger partial charge in [-0.3, -0.25) is 4.90 Å². The van der Waals surface area contributed by atoms with Gasteiger partial charge in [-0.1, -0.05) is 47.5 Å². The van der Waals surface area contributed by atoms with Gasteiger partial charge in [0.25, 0.3) is 0 Å². The third-order valence-corrected chi connectivity index (χ3v) is 4.08. The number of benzene rings is 2. The van der Waals surface area contributed by atoms with Gasteiger partial charge in [0.05, 0.1) is 0 Å². The summed E-state index contributed by atoms with van der Waals surface area (Å²) in [4.78, 5) is 2.26. The van der Waals surface area contributed by atoms with Crippen molar-refractivity contribution >= 4 is 17.3 Å². The minimum absolute atomic E-state index is 0.239. The second-order valence-electron chi connectivity index (χ2n) is 5.31. The number of nitrogens with two attached hydrogens (primary N) is 1. The van der Waals surface area contributed by atoms with Gasteiger partial charge in [-0.15, -0.1) is 0 Å². The summed E-state index contributed by atoms with van der Waals surface area (Å²) in [7, 11) is 2.09. The zero-order chi connectivity index (χ0) is 14.7. The van der Waals surface area contributed by atoms with Crippen LogP contribution in [0.3, 0.4) is 0 Å². The van der Waals surface area contributed by atoms with Crippen LogP contribution in [0.15, 0.2) is 42.5 Å². The smallest absolute Gasteiger partial charge is 0.0453 e. The Hall–Kier alpha value is -1.51. The third-order valence-electron chi connectivity index (χ3n) is 3.73. The van der Waals surface area contributed by atoms with Crippen molar-refractivity contribution in [1.82, 2.24) is 4.90 Å². The Morgan fingerprint density at radius 3 is 2.60 bits per heavy atom. The van der Waals surface area contributed by atoms with Gasteiger partial charge in [-0.05, 0) is 44.2 Å². The fourth-order valence-electron chi connectivity index (χ4n) is 2.33. The van der Waals surface area contributed by atoms with Crippen LogP contribution in [0.25, 0.3) is 0 Å². The zero-order valence-electron chi connectivity index (χ0n) is 12.2. The summed E-state index contributed by atoms with van der Waals surface area (Å²) >= 11 is 6.27. The fraction of sp³-hybridized carbons (Fsp3) is 0.294. The van der Waals surface area contributed by atoms with Crippen LogP contribution < -0.4 is 5.73 Å². The molecule has 3 heteroatoms. The van der Waals surface area contributed by atoms with Crippen molar-refractivity contribution in [3.05, 3.63) is 64.2 Å². The van der Waals surface area contributed by atoms with E-state index in [1.807, 2.05) is 30.3 Å². The molecular formula is C17H21ClN2. The maximum atomic E-state index is 6.27. The van der Waals surface area contributed by atoms with Gasteiger partial charge in [0.15, 0.2) is 0 Å². The lowest BCUT2D eigenvalue weighted by Gasteiger charge is -2.26. The molecule has 0 aliphatic rings. The molecule has 0 saturated carbocycles. The van der Waals surface area contributed by atoms with E-state index in [0.717, 1.165) is 28.4 Å². The lowest BCUT2D eigenvalue weighted by atomic mass is 10.0. The molecule has 0 amide bonds. The lowest BCUT2D eigenvalue weighted by molar-refractivity contribution is 0.253. The molecule has 1 atom stereocenters. The van der Waals surface area contributed by atoms with Crippen LogP contribution in [-0.2, 0) is 6.54 Å². The van der Waals surface area contributed by atoms with Gasteiger partial charge in [-0.25, -0.2) is 0 Å². The van der Waals surface area contributed by atoms with E-state index in [-0.39, 0.29) is 6.04 Å². The van der Waals surface area contributed by atoms with Crippen molar-refractivity contribution in [1.29, 1.82) is 0 Å². The van der Waals surface area contributed by atoms with Gasteiger partial charge in [0.1, 0.15) is 0 Å². The van der Waals surface area contributed by atoms with Crippen molar-refractivity contribution in [3.63, 3.8) is 0 Å². The van der Waals surface area contributed by atoms with Crippen LogP contribution >= 0.6 is 11.6 Å². The number of nitrogen functional groups attached to an aromatic ring is 1. The summed E-state index contributed by atoms with van der Waals surface area (Å²) < 4.78 is 0. The highest BCUT2D eigenvalue weighted by atomic mass is 35.5. The first-order chi connectivity index (χ1) is 9.49. The molecule has 2 aromatic carbocycles. The van der Waals surface area contributed by atoms with E-state index in [4.69, 9.17) is 17.3 Å². The molecule has 0 fully saturated rings. The summed E-state index contributed by atoms with van der Waals surface area (Å²) in [6, 6.07) is 14.4. The van der Waals surface area contributed by atoms with Crippen molar-refractivity contribution < 1.29 is 0 Å². The average molecular weight is 289 g/mol. The Labute approximate surface area is 126 Å². The zero-order valence-corrected chi connectivity index (χ0v) is 13.0. The van der Waals surface area contributed by atoms with Gasteiger partial charge < -0.3 is 5.73 Å². The monoisotopic (exact) mass is 288 g/mol. The first-order valence-electron chi connectivity index (χ1n) is 6.78. The third kappa shape index (κ3) is 3.33. The number of aryl methyl sites for hydroxylation is 1. The molecular weight excluding hydrogens is 268 g/mol. The molecule has 0 heterocycles. The average Bonchev–Trinajstić information content (AvgIpc) is 2.42. The first-order valence-corrected chi connectivity index (χ1v) is 7.16. The van der Waals surface area contributed by atoms with Gasteiger partial charge in [-0.2, -0.15) is 0 Å². The molecule has 1 unspecified atom stereocenters. The molecule has 0 aromatic heterocycles. The second-order valence-corrected chi connectivity index (χ2v) is 5.72. The summed E-state index contributed by atoms with van der Waals surface area (Å²) in [5, 5.41) is 0.809. The lowest BCUT2D eigenvalue weighted by Crippen LogP contribution is -2.22. The van der Waals surface area contributed by atoms with Crippen LogP contribution in [0, 0.1) is 6.92 Å². The number of nitrogens with zero attached hydrogens (tertiary/aromatic N) is 1. The number of hydrogen-bond donors (Lipinski definition) is 1. The van der Waals surface area contributed by atoms with Crippen molar-refractivity contribution in [2.24, 2.45) is 0 Å². The molecule has 0 saturated heterocycles. The molecule has 0 aliphatic carbocycles. The van der Waals surface area contributed by atoms with Crippen LogP contribution in [0.4, 0.5) is 5.69 Å². The number of rotatable bonds is 4. The number of hydrogen-bond acceptors (Lipinski definition) is 2. The Morgan fingerprint density at radius 1 is 1.20 bits per heavy atom. The van der Waals surface area contributed by atoms with E-state index in [0.29, 0.717) is 0 Å². The summed E-state index contributed by atoms with van der Waals surface area (Å²) in [6.45, 7) is 5.05. The molecule has 2 N–H and O–H groups in total. The van der Waals surface area contributed by atoms with E-state index < -0.39 is 0 Å². The molecule has 2 rings (SSSR count). The Balaban J connectivity index is 2.17. The molecule has 2 nitrogen and oxygen atoms in total. The van der Waals surface area contributed by atoms with E-state index in [9.17, 15) is 0 Å². The molecule has 106 valence electrons. The SMILES string of the molecule is Cc1ccc(N)c(CN(C)C(C)c2ccccc2Cl)c1. The van der Waals surface area contributed by atoms with Crippen molar-refractivity contribution in [3.8, 4) is 0 Å². The highest BCUT2D eigenvalue weighted by Gasteiger charge is 2.15. The normalized spacial score (nSPS) is 12.7. The summed E-state index contributed by atoms with van der Waals surface area (Å²) in [6.07, 6.45) is 0. The van der Waals surface area contributed by atoms with Crippen molar-refractivity contribution in [2.45, 2.75) is 26.4 Å². The molecule has 0 bridgehead atoms. The molecule has 0 aliphatic heterocycles. The van der Waals surface area contributed by atoms with E-state index in [1.54, 1.807) is 0 Å². The predicted molar refractivity (Wildman–Crippen MR) is 86.9 cm³/mol. The van der Waals surface area contributed by atoms with Crippen LogP contribution in [-0.4, -0.2) is 11.9 Å². The Morgan fingerprint density at radius 2 is 1.90 bits per heavy atom. The highest BCUT2D eigenvalue weighted by molar-refractivity contribution is 6.31. The number of anilines is 1. The topological polar surface area (TPSA) is 29.3 Å². The van der Waals surface area contributed by atoms with Gasteiger partial charge >= 0.3 is 0 Å². The highest BCUT2D eigenvalue weighted by Crippen LogP contribution is 2.28. The standard InChI is InChI=1S/C17H21ClN2/c1-12-8-9-17(19)14(10-12)11-20(3)13(2)15-6-4-5-7-16(15)18/h4-10,13H,11,19H2,1-3H3. The quantitative estimate of drug-likeness (QED) is 0.844. The molecule has 2 aromatic rings. The summed E-state index contributed by atoms with van der Waals surface area (Å²) in [5.41, 5.74) is 10.4. The maximum absolute atomic E-state index is 6.27. The van der Waals surface area contributed by atoms with Crippen LogP contribution in [0.2, 0.25) is 5.02 Å². The molecule has 0 radical (unpaired) electrons. The minimum atomic E-state index is 0.239. The largest absolute Gasteiger partial charge is 0.398 e. The first kappa shape index (κ1) is 14.9. The second kappa shape index (κ2) is 6.29. The summed E-state index contributed by atoms with van der Waals surface area (Å²) in [5.74, 6) is 0. The maximum Gasteiger partial charge on any atom is 0.0453 e.